The van der Waals surface area contributed by atoms with Crippen LogP contribution in [0, 0.1) is 0 Å². The number of hydrogen-bond donors (Lipinski definition) is 0. The molecule has 0 radical (unpaired) electrons. The number of ether oxygens (including phenoxy) is 2. The smallest absolute Gasteiger partial charge is 0.161 e. The minimum absolute atomic E-state index is 0.468. The molecule has 0 bridgehead atoms. The largest absolute Gasteiger partial charge is 0.490 e. The number of nitrogens with zero attached hydrogens (tertiary/aromatic N) is 2. The molecule has 0 saturated carbocycles. The van der Waals surface area contributed by atoms with Gasteiger partial charge in [0.1, 0.15) is 0 Å². The Morgan fingerprint density at radius 1 is 1.20 bits per heavy atom. The molecule has 108 valence electrons. The van der Waals surface area contributed by atoms with Crippen LogP contribution in [0.1, 0.15) is 18.1 Å². The van der Waals surface area contributed by atoms with Crippen molar-refractivity contribution in [2.45, 2.75) is 19.2 Å². The van der Waals surface area contributed by atoms with Crippen LogP contribution in [-0.2, 0) is 19.3 Å². The number of halogens is 1. The van der Waals surface area contributed by atoms with Gasteiger partial charge in [-0.15, -0.1) is 11.6 Å². The van der Waals surface area contributed by atoms with Crippen LogP contribution in [0.15, 0.2) is 30.6 Å². The van der Waals surface area contributed by atoms with Crippen molar-refractivity contribution >= 4 is 11.6 Å². The normalized spacial score (nSPS) is 10.6. The molecule has 1 heterocycles. The molecule has 0 saturated heterocycles. The van der Waals surface area contributed by atoms with Crippen molar-refractivity contribution in [3.63, 3.8) is 0 Å². The van der Waals surface area contributed by atoms with E-state index < -0.39 is 0 Å². The highest BCUT2D eigenvalue weighted by Gasteiger charge is 2.06. The molecule has 0 unspecified atom stereocenters. The molecule has 2 rings (SSSR count). The number of alkyl halides is 1. The van der Waals surface area contributed by atoms with Gasteiger partial charge < -0.3 is 9.47 Å². The lowest BCUT2D eigenvalue weighted by atomic mass is 10.2. The molecule has 5 heteroatoms. The van der Waals surface area contributed by atoms with E-state index in [0.29, 0.717) is 19.1 Å². The van der Waals surface area contributed by atoms with Gasteiger partial charge >= 0.3 is 0 Å². The number of hydrogen-bond acceptors (Lipinski definition) is 3. The van der Waals surface area contributed by atoms with Crippen LogP contribution >= 0.6 is 11.6 Å². The zero-order valence-electron chi connectivity index (χ0n) is 11.8. The zero-order valence-corrected chi connectivity index (χ0v) is 12.6. The molecule has 2 aromatic rings. The third kappa shape index (κ3) is 3.90. The first-order valence-electron chi connectivity index (χ1n) is 6.65. The van der Waals surface area contributed by atoms with Crippen molar-refractivity contribution in [2.24, 2.45) is 7.05 Å². The predicted octanol–water partition coefficient (Wildman–Crippen LogP) is 3.18. The molecule has 1 aromatic carbocycles. The topological polar surface area (TPSA) is 36.3 Å². The fraction of sp³-hybridized carbons (Fsp3) is 0.400. The molecule has 0 fully saturated rings. The van der Waals surface area contributed by atoms with Gasteiger partial charge in [-0.05, 0) is 30.2 Å². The lowest BCUT2D eigenvalue weighted by molar-refractivity contribution is 0.279. The van der Waals surface area contributed by atoms with Crippen LogP contribution in [0.2, 0.25) is 0 Å². The van der Waals surface area contributed by atoms with Crippen LogP contribution < -0.4 is 9.47 Å². The van der Waals surface area contributed by atoms with Crippen molar-refractivity contribution in [3.05, 3.63) is 41.7 Å². The maximum Gasteiger partial charge on any atom is 0.161 e. The van der Waals surface area contributed by atoms with Gasteiger partial charge in [-0.1, -0.05) is 6.07 Å². The number of aromatic nitrogens is 2. The Balaban J connectivity index is 1.97. The molecule has 0 atom stereocenters. The molecular formula is C15H19ClN2O2. The Bertz CT molecular complexity index is 555. The highest BCUT2D eigenvalue weighted by Crippen LogP contribution is 2.29. The summed E-state index contributed by atoms with van der Waals surface area (Å²) in [4.78, 5) is 0. The van der Waals surface area contributed by atoms with Crippen molar-refractivity contribution < 1.29 is 9.47 Å². The van der Waals surface area contributed by atoms with Gasteiger partial charge in [0.15, 0.2) is 11.5 Å². The molecule has 20 heavy (non-hydrogen) atoms. The Kier molecular flexibility index (Phi) is 5.30. The first kappa shape index (κ1) is 14.7. The Morgan fingerprint density at radius 2 is 2.05 bits per heavy atom. The van der Waals surface area contributed by atoms with Crippen LogP contribution in [0.3, 0.4) is 0 Å². The van der Waals surface area contributed by atoms with E-state index in [4.69, 9.17) is 21.1 Å². The number of aryl methyl sites for hydroxylation is 1. The average molecular weight is 295 g/mol. The minimum Gasteiger partial charge on any atom is -0.490 e. The van der Waals surface area contributed by atoms with E-state index in [1.807, 2.05) is 44.6 Å². The Labute approximate surface area is 124 Å². The Hall–Kier alpha value is -1.68. The second kappa shape index (κ2) is 7.20. The van der Waals surface area contributed by atoms with E-state index in [0.717, 1.165) is 29.0 Å². The maximum absolute atomic E-state index is 5.83. The number of benzene rings is 1. The van der Waals surface area contributed by atoms with Gasteiger partial charge in [-0.2, -0.15) is 5.10 Å². The fourth-order valence-electron chi connectivity index (χ4n) is 1.90. The van der Waals surface area contributed by atoms with Gasteiger partial charge in [-0.3, -0.25) is 4.68 Å². The monoisotopic (exact) mass is 294 g/mol. The summed E-state index contributed by atoms with van der Waals surface area (Å²) in [6, 6.07) is 5.79. The van der Waals surface area contributed by atoms with Crippen LogP contribution in [0.5, 0.6) is 11.5 Å². The standard InChI is InChI=1S/C15H19ClN2O2/c1-3-19-15-8-12(9-16)4-5-14(15)20-7-6-13-10-17-18(2)11-13/h4-5,8,10-11H,3,6-7,9H2,1-2H3. The van der Waals surface area contributed by atoms with Gasteiger partial charge in [-0.25, -0.2) is 0 Å². The van der Waals surface area contributed by atoms with Gasteiger partial charge in [0.05, 0.1) is 19.4 Å². The summed E-state index contributed by atoms with van der Waals surface area (Å²) in [5.41, 5.74) is 2.18. The van der Waals surface area contributed by atoms with E-state index in [1.54, 1.807) is 4.68 Å². The van der Waals surface area contributed by atoms with E-state index in [1.165, 1.54) is 0 Å². The summed E-state index contributed by atoms with van der Waals surface area (Å²) < 4.78 is 13.2. The van der Waals surface area contributed by atoms with E-state index in [9.17, 15) is 0 Å². The highest BCUT2D eigenvalue weighted by molar-refractivity contribution is 6.17. The minimum atomic E-state index is 0.468. The molecular weight excluding hydrogens is 276 g/mol. The molecule has 0 N–H and O–H groups in total. The summed E-state index contributed by atoms with van der Waals surface area (Å²) in [5, 5.41) is 4.13. The molecule has 0 amide bonds. The van der Waals surface area contributed by atoms with Crippen molar-refractivity contribution in [1.29, 1.82) is 0 Å². The van der Waals surface area contributed by atoms with Gasteiger partial charge in [0.2, 0.25) is 0 Å². The summed E-state index contributed by atoms with van der Waals surface area (Å²) in [7, 11) is 1.91. The van der Waals surface area contributed by atoms with Crippen LogP contribution in [0.25, 0.3) is 0 Å². The van der Waals surface area contributed by atoms with Crippen molar-refractivity contribution in [2.75, 3.05) is 13.2 Å². The molecule has 0 spiro atoms. The predicted molar refractivity (Wildman–Crippen MR) is 79.6 cm³/mol. The van der Waals surface area contributed by atoms with Crippen molar-refractivity contribution in [1.82, 2.24) is 9.78 Å². The average Bonchev–Trinajstić information content (AvgIpc) is 2.86. The van der Waals surface area contributed by atoms with Gasteiger partial charge in [0, 0.05) is 25.5 Å². The third-order valence-electron chi connectivity index (χ3n) is 2.87. The Morgan fingerprint density at radius 3 is 2.70 bits per heavy atom. The molecule has 0 aliphatic rings. The lowest BCUT2D eigenvalue weighted by Gasteiger charge is -2.12. The maximum atomic E-state index is 5.83. The van der Waals surface area contributed by atoms with Crippen LogP contribution in [-0.4, -0.2) is 23.0 Å². The molecule has 0 aliphatic heterocycles. The van der Waals surface area contributed by atoms with E-state index in [-0.39, 0.29) is 0 Å². The second-order valence-electron chi connectivity index (χ2n) is 4.47. The van der Waals surface area contributed by atoms with E-state index in [2.05, 4.69) is 5.10 Å². The molecule has 1 aromatic heterocycles. The molecule has 0 aliphatic carbocycles. The summed E-state index contributed by atoms with van der Waals surface area (Å²) in [6.45, 7) is 3.14. The quantitative estimate of drug-likeness (QED) is 0.736. The summed E-state index contributed by atoms with van der Waals surface area (Å²) in [5.74, 6) is 1.97. The van der Waals surface area contributed by atoms with Crippen LogP contribution in [0.4, 0.5) is 0 Å². The van der Waals surface area contributed by atoms with E-state index >= 15 is 0 Å². The summed E-state index contributed by atoms with van der Waals surface area (Å²) >= 11 is 5.83. The highest BCUT2D eigenvalue weighted by atomic mass is 35.5. The third-order valence-corrected chi connectivity index (χ3v) is 3.18. The lowest BCUT2D eigenvalue weighted by Crippen LogP contribution is -2.03. The molecule has 4 nitrogen and oxygen atoms in total. The van der Waals surface area contributed by atoms with Gasteiger partial charge in [0.25, 0.3) is 0 Å². The van der Waals surface area contributed by atoms with Crippen molar-refractivity contribution in [3.8, 4) is 11.5 Å². The first-order chi connectivity index (χ1) is 9.72. The second-order valence-corrected chi connectivity index (χ2v) is 4.74. The first-order valence-corrected chi connectivity index (χ1v) is 7.18. The summed E-state index contributed by atoms with van der Waals surface area (Å²) in [6.07, 6.45) is 4.66. The SMILES string of the molecule is CCOc1cc(CCl)ccc1OCCc1cnn(C)c1. The number of rotatable bonds is 7. The fourth-order valence-corrected chi connectivity index (χ4v) is 2.07. The zero-order chi connectivity index (χ0) is 14.4.